The second-order valence-electron chi connectivity index (χ2n) is 2.36. The zero-order valence-corrected chi connectivity index (χ0v) is 7.05. The van der Waals surface area contributed by atoms with E-state index in [0.717, 1.165) is 6.42 Å². The molecule has 0 aliphatic carbocycles. The van der Waals surface area contributed by atoms with Gasteiger partial charge in [0.05, 0.1) is 0 Å². The van der Waals surface area contributed by atoms with E-state index in [1.165, 1.54) is 0 Å². The summed E-state index contributed by atoms with van der Waals surface area (Å²) >= 11 is 0. The summed E-state index contributed by atoms with van der Waals surface area (Å²) in [5.74, 6) is 2.44. The van der Waals surface area contributed by atoms with Gasteiger partial charge in [0.2, 0.25) is 0 Å². The molecule has 43 valence electrons. The van der Waals surface area contributed by atoms with Crippen LogP contribution in [0.2, 0.25) is 0 Å². The average Bonchev–Trinajstić information content (AvgIpc) is 1.68. The summed E-state index contributed by atoms with van der Waals surface area (Å²) in [6.45, 7) is 6.06. The number of hydrogen-bond acceptors (Lipinski definition) is 0. The molecule has 0 bridgehead atoms. The van der Waals surface area contributed by atoms with Crippen LogP contribution in [0.1, 0.15) is 27.2 Å². The maximum Gasteiger partial charge on any atom is 2.00 e. The molecule has 0 aromatic heterocycles. The largest absolute Gasteiger partial charge is 2.00 e. The summed E-state index contributed by atoms with van der Waals surface area (Å²) in [6, 6.07) is 0. The van der Waals surface area contributed by atoms with Crippen molar-refractivity contribution in [3.05, 3.63) is 6.42 Å². The molecule has 0 aromatic carbocycles. The molecular weight excluding hydrogens is 135 g/mol. The van der Waals surface area contributed by atoms with Gasteiger partial charge in [0.1, 0.15) is 0 Å². The minimum atomic E-state index is 0. The molecule has 8 heavy (non-hydrogen) atoms. The monoisotopic (exact) mass is 146 g/mol. The third kappa shape index (κ3) is 4.31. The SMILES string of the molecule is [C-]#CC(C)(C)CC.[V+2]. The Morgan fingerprint density at radius 1 is 1.50 bits per heavy atom. The van der Waals surface area contributed by atoms with Crippen molar-refractivity contribution in [3.63, 3.8) is 0 Å². The zero-order valence-electron chi connectivity index (χ0n) is 5.65. The van der Waals surface area contributed by atoms with Crippen LogP contribution in [-0.2, 0) is 18.6 Å². The summed E-state index contributed by atoms with van der Waals surface area (Å²) in [5, 5.41) is 0. The van der Waals surface area contributed by atoms with E-state index in [1.807, 2.05) is 13.8 Å². The fourth-order valence-corrected chi connectivity index (χ4v) is 0.0884. The molecule has 0 nitrogen and oxygen atoms in total. The van der Waals surface area contributed by atoms with Gasteiger partial charge in [-0.3, -0.25) is 0 Å². The van der Waals surface area contributed by atoms with Gasteiger partial charge in [-0.15, -0.1) is 0 Å². The molecular formula is C7H11V+. The van der Waals surface area contributed by atoms with Crippen molar-refractivity contribution in [1.82, 2.24) is 0 Å². The fourth-order valence-electron chi connectivity index (χ4n) is 0.0884. The van der Waals surface area contributed by atoms with Crippen LogP contribution in [0.4, 0.5) is 0 Å². The van der Waals surface area contributed by atoms with Gasteiger partial charge in [-0.1, -0.05) is 20.8 Å². The number of rotatable bonds is 1. The van der Waals surface area contributed by atoms with Crippen LogP contribution in [-0.4, -0.2) is 0 Å². The van der Waals surface area contributed by atoms with Gasteiger partial charge in [-0.25, -0.2) is 0 Å². The first-order chi connectivity index (χ1) is 3.12. The van der Waals surface area contributed by atoms with Crippen LogP contribution in [0.15, 0.2) is 0 Å². The van der Waals surface area contributed by atoms with Crippen LogP contribution in [0, 0.1) is 17.8 Å². The van der Waals surface area contributed by atoms with Gasteiger partial charge < -0.3 is 12.3 Å². The van der Waals surface area contributed by atoms with E-state index in [2.05, 4.69) is 12.8 Å². The first-order valence-electron chi connectivity index (χ1n) is 2.56. The Morgan fingerprint density at radius 3 is 1.88 bits per heavy atom. The van der Waals surface area contributed by atoms with Gasteiger partial charge in [0.25, 0.3) is 0 Å². The van der Waals surface area contributed by atoms with E-state index in [-0.39, 0.29) is 24.0 Å². The van der Waals surface area contributed by atoms with Gasteiger partial charge >= 0.3 is 18.6 Å². The van der Waals surface area contributed by atoms with Gasteiger partial charge in [0.15, 0.2) is 0 Å². The van der Waals surface area contributed by atoms with Crippen LogP contribution in [0.25, 0.3) is 0 Å². The van der Waals surface area contributed by atoms with Crippen molar-refractivity contribution in [2.75, 3.05) is 0 Å². The Hall–Kier alpha value is 0.144. The van der Waals surface area contributed by atoms with Crippen molar-refractivity contribution >= 4 is 0 Å². The first-order valence-corrected chi connectivity index (χ1v) is 2.56. The second kappa shape index (κ2) is 4.07. The molecule has 0 fully saturated rings. The summed E-state index contributed by atoms with van der Waals surface area (Å²) in [4.78, 5) is 0. The van der Waals surface area contributed by atoms with E-state index in [9.17, 15) is 0 Å². The quantitative estimate of drug-likeness (QED) is 0.392. The van der Waals surface area contributed by atoms with E-state index >= 15 is 0 Å². The van der Waals surface area contributed by atoms with Crippen molar-refractivity contribution in [3.8, 4) is 5.92 Å². The Balaban J connectivity index is 0. The third-order valence-corrected chi connectivity index (χ3v) is 1.22. The molecule has 0 spiro atoms. The molecule has 0 amide bonds. The molecule has 0 unspecified atom stereocenters. The molecule has 0 rings (SSSR count). The molecule has 1 radical (unpaired) electrons. The molecule has 0 N–H and O–H groups in total. The van der Waals surface area contributed by atoms with Gasteiger partial charge in [-0.05, 0) is 11.8 Å². The zero-order chi connectivity index (χ0) is 5.91. The van der Waals surface area contributed by atoms with Crippen molar-refractivity contribution in [2.24, 2.45) is 5.41 Å². The molecule has 0 atom stereocenters. The Labute approximate surface area is 63.9 Å². The maximum atomic E-state index is 6.76. The van der Waals surface area contributed by atoms with Crippen molar-refractivity contribution in [2.45, 2.75) is 27.2 Å². The summed E-state index contributed by atoms with van der Waals surface area (Å²) in [5.41, 5.74) is 0. The van der Waals surface area contributed by atoms with Gasteiger partial charge in [-0.2, -0.15) is 0 Å². The van der Waals surface area contributed by atoms with Crippen molar-refractivity contribution in [1.29, 1.82) is 0 Å². The normalized spacial score (nSPS) is 9.25. The molecule has 0 saturated carbocycles. The van der Waals surface area contributed by atoms with E-state index in [1.54, 1.807) is 0 Å². The topological polar surface area (TPSA) is 0 Å². The van der Waals surface area contributed by atoms with Gasteiger partial charge in [0, 0.05) is 0 Å². The van der Waals surface area contributed by atoms with Crippen LogP contribution >= 0.6 is 0 Å². The Morgan fingerprint density at radius 2 is 1.88 bits per heavy atom. The molecule has 0 aromatic rings. The van der Waals surface area contributed by atoms with E-state index < -0.39 is 0 Å². The molecule has 0 heterocycles. The Kier molecular flexibility index (Phi) is 5.60. The third-order valence-electron chi connectivity index (χ3n) is 1.22. The molecule has 0 aliphatic rings. The molecule has 0 saturated heterocycles. The standard InChI is InChI=1S/C7H11.V/c1-5-7(3,4)6-2;/h5H2,1,3-4H3;/q-1;+2. The minimum Gasteiger partial charge on any atom is -0.693 e. The first kappa shape index (κ1) is 11.0. The fraction of sp³-hybridized carbons (Fsp3) is 0.714. The number of hydrogen-bond donors (Lipinski definition) is 0. The minimum absolute atomic E-state index is 0. The Bertz CT molecular complexity index is 87.1. The second-order valence-corrected chi connectivity index (χ2v) is 2.36. The predicted octanol–water partition coefficient (Wildman–Crippen LogP) is 2.01. The van der Waals surface area contributed by atoms with Crippen molar-refractivity contribution < 1.29 is 18.6 Å². The van der Waals surface area contributed by atoms with Crippen LogP contribution < -0.4 is 0 Å². The summed E-state index contributed by atoms with van der Waals surface area (Å²) in [7, 11) is 0. The summed E-state index contributed by atoms with van der Waals surface area (Å²) < 4.78 is 0. The average molecular weight is 146 g/mol. The summed E-state index contributed by atoms with van der Waals surface area (Å²) in [6.07, 6.45) is 7.75. The molecule has 1 heteroatoms. The predicted molar refractivity (Wildman–Crippen MR) is 31.2 cm³/mol. The van der Waals surface area contributed by atoms with Crippen LogP contribution in [0.3, 0.4) is 0 Å². The molecule has 0 aliphatic heterocycles. The van der Waals surface area contributed by atoms with Crippen LogP contribution in [0.5, 0.6) is 0 Å². The van der Waals surface area contributed by atoms with E-state index in [0.29, 0.717) is 0 Å². The smallest absolute Gasteiger partial charge is 0.693 e. The van der Waals surface area contributed by atoms with E-state index in [4.69, 9.17) is 6.42 Å². The maximum absolute atomic E-state index is 6.76.